The lowest BCUT2D eigenvalue weighted by atomic mass is 10.0. The van der Waals surface area contributed by atoms with E-state index in [0.29, 0.717) is 30.1 Å². The van der Waals surface area contributed by atoms with Gasteiger partial charge in [0.1, 0.15) is 15.8 Å². The number of aryl methyl sites for hydroxylation is 1. The summed E-state index contributed by atoms with van der Waals surface area (Å²) in [6, 6.07) is 3.74. The van der Waals surface area contributed by atoms with Gasteiger partial charge in [-0.3, -0.25) is 14.3 Å². The minimum Gasteiger partial charge on any atom is -0.395 e. The number of amides is 2. The van der Waals surface area contributed by atoms with Crippen molar-refractivity contribution in [2.75, 3.05) is 39.9 Å². The molecule has 158 valence electrons. The molecular weight excluding hydrogens is 406 g/mol. The van der Waals surface area contributed by atoms with Crippen molar-refractivity contribution in [3.63, 3.8) is 0 Å². The summed E-state index contributed by atoms with van der Waals surface area (Å²) in [5, 5.41) is 14.1. The number of carbonyl (C=O) groups excluding carboxylic acids is 2. The number of pyridine rings is 1. The molecule has 1 aliphatic rings. The quantitative estimate of drug-likeness (QED) is 0.656. The van der Waals surface area contributed by atoms with Gasteiger partial charge in [-0.1, -0.05) is 6.07 Å². The maximum absolute atomic E-state index is 13.1. The number of nitrogens with zero attached hydrogens (tertiary/aromatic N) is 5. The Bertz CT molecular complexity index is 1080. The summed E-state index contributed by atoms with van der Waals surface area (Å²) in [6.07, 6.45) is 4.48. The molecule has 30 heavy (non-hydrogen) atoms. The van der Waals surface area contributed by atoms with E-state index in [1.165, 1.54) is 16.2 Å². The number of aliphatic hydroxyl groups excluding tert-OH is 1. The Morgan fingerprint density at radius 2 is 2.27 bits per heavy atom. The van der Waals surface area contributed by atoms with Crippen LogP contribution >= 0.6 is 11.3 Å². The lowest BCUT2D eigenvalue weighted by molar-refractivity contribution is -0.0223. The third kappa shape index (κ3) is 3.81. The molecule has 1 N–H and O–H groups in total. The summed E-state index contributed by atoms with van der Waals surface area (Å²) in [4.78, 5) is 34.9. The predicted octanol–water partition coefficient (Wildman–Crippen LogP) is 1.31. The largest absolute Gasteiger partial charge is 0.395 e. The van der Waals surface area contributed by atoms with Gasteiger partial charge in [-0.15, -0.1) is 11.3 Å². The number of ether oxygens (including phenoxy) is 1. The van der Waals surface area contributed by atoms with E-state index in [4.69, 9.17) is 4.74 Å². The van der Waals surface area contributed by atoms with E-state index >= 15 is 0 Å². The van der Waals surface area contributed by atoms with Crippen LogP contribution in [-0.4, -0.2) is 81.4 Å². The Morgan fingerprint density at radius 1 is 1.43 bits per heavy atom. The minimum absolute atomic E-state index is 0.112. The van der Waals surface area contributed by atoms with E-state index in [1.54, 1.807) is 42.3 Å². The number of rotatable bonds is 5. The van der Waals surface area contributed by atoms with E-state index in [2.05, 4.69) is 10.1 Å². The van der Waals surface area contributed by atoms with Crippen molar-refractivity contribution in [3.05, 3.63) is 46.7 Å². The highest BCUT2D eigenvalue weighted by molar-refractivity contribution is 7.20. The van der Waals surface area contributed by atoms with Gasteiger partial charge in [0.2, 0.25) is 0 Å². The summed E-state index contributed by atoms with van der Waals surface area (Å²) in [5.74, 6) is -0.305. The number of morpholine rings is 1. The van der Waals surface area contributed by atoms with E-state index < -0.39 is 6.10 Å². The van der Waals surface area contributed by atoms with Crippen molar-refractivity contribution in [1.82, 2.24) is 24.6 Å². The minimum atomic E-state index is -0.446. The molecule has 0 aliphatic carbocycles. The van der Waals surface area contributed by atoms with Gasteiger partial charge in [0.25, 0.3) is 11.8 Å². The standard InChI is InChI=1S/C20H23N5O4S/c1-23(6-8-26)20(28)17-16(14-4-3-5-21-18(14)30-17)15-12-25(7-9-29-15)19(27)13-10-22-24(2)11-13/h3-5,10-11,15,26H,6-9,12H2,1-2H3. The fourth-order valence-electron chi connectivity index (χ4n) is 3.58. The first kappa shape index (κ1) is 20.5. The Labute approximate surface area is 177 Å². The summed E-state index contributed by atoms with van der Waals surface area (Å²) in [5.41, 5.74) is 1.27. The van der Waals surface area contributed by atoms with Crippen molar-refractivity contribution in [1.29, 1.82) is 0 Å². The molecule has 3 aromatic rings. The molecule has 3 aromatic heterocycles. The topological polar surface area (TPSA) is 101 Å². The molecule has 9 nitrogen and oxygen atoms in total. The van der Waals surface area contributed by atoms with Crippen LogP contribution in [0.2, 0.25) is 0 Å². The molecule has 4 rings (SSSR count). The summed E-state index contributed by atoms with van der Waals surface area (Å²) in [6.45, 7) is 1.29. The van der Waals surface area contributed by atoms with Gasteiger partial charge in [-0.05, 0) is 6.07 Å². The van der Waals surface area contributed by atoms with E-state index in [-0.39, 0.29) is 25.0 Å². The second kappa shape index (κ2) is 8.50. The first-order chi connectivity index (χ1) is 14.5. The highest BCUT2D eigenvalue weighted by Gasteiger charge is 2.33. The molecule has 0 aromatic carbocycles. The third-order valence-corrected chi connectivity index (χ3v) is 6.23. The van der Waals surface area contributed by atoms with Gasteiger partial charge in [-0.25, -0.2) is 4.98 Å². The van der Waals surface area contributed by atoms with Crippen molar-refractivity contribution in [2.45, 2.75) is 6.10 Å². The number of aromatic nitrogens is 3. The first-order valence-electron chi connectivity index (χ1n) is 9.63. The van der Waals surface area contributed by atoms with Crippen molar-refractivity contribution in [2.24, 2.45) is 7.05 Å². The van der Waals surface area contributed by atoms with Crippen LogP contribution in [0, 0.1) is 0 Å². The lowest BCUT2D eigenvalue weighted by Crippen LogP contribution is -2.42. The van der Waals surface area contributed by atoms with Gasteiger partial charge in [0.05, 0.1) is 31.5 Å². The number of hydrogen-bond donors (Lipinski definition) is 1. The van der Waals surface area contributed by atoms with Crippen molar-refractivity contribution >= 4 is 33.4 Å². The second-order valence-electron chi connectivity index (χ2n) is 7.16. The molecule has 1 aliphatic heterocycles. The van der Waals surface area contributed by atoms with Gasteiger partial charge < -0.3 is 19.6 Å². The van der Waals surface area contributed by atoms with Crippen LogP contribution in [0.5, 0.6) is 0 Å². The highest BCUT2D eigenvalue weighted by atomic mass is 32.1. The van der Waals surface area contributed by atoms with Crippen LogP contribution in [0.1, 0.15) is 31.7 Å². The maximum atomic E-state index is 13.1. The first-order valence-corrected chi connectivity index (χ1v) is 10.4. The monoisotopic (exact) mass is 429 g/mol. The lowest BCUT2D eigenvalue weighted by Gasteiger charge is -2.33. The number of likely N-dealkylation sites (N-methyl/N-ethyl adjacent to an activating group) is 1. The highest BCUT2D eigenvalue weighted by Crippen LogP contribution is 2.38. The van der Waals surface area contributed by atoms with Gasteiger partial charge in [-0.2, -0.15) is 5.10 Å². The molecular formula is C20H23N5O4S. The zero-order chi connectivity index (χ0) is 21.3. The Hall–Kier alpha value is -2.82. The number of aliphatic hydroxyl groups is 1. The van der Waals surface area contributed by atoms with Crippen LogP contribution in [0.4, 0.5) is 0 Å². The average Bonchev–Trinajstić information content (AvgIpc) is 3.36. The van der Waals surface area contributed by atoms with Crippen LogP contribution in [-0.2, 0) is 11.8 Å². The average molecular weight is 430 g/mol. The summed E-state index contributed by atoms with van der Waals surface area (Å²) >= 11 is 1.31. The van der Waals surface area contributed by atoms with E-state index in [1.807, 2.05) is 12.1 Å². The van der Waals surface area contributed by atoms with Crippen LogP contribution in [0.3, 0.4) is 0 Å². The smallest absolute Gasteiger partial charge is 0.264 e. The number of hydrogen-bond acceptors (Lipinski definition) is 7. The zero-order valence-electron chi connectivity index (χ0n) is 16.8. The molecule has 1 unspecified atom stereocenters. The predicted molar refractivity (Wildman–Crippen MR) is 111 cm³/mol. The van der Waals surface area contributed by atoms with Gasteiger partial charge in [0, 0.05) is 50.5 Å². The normalized spacial score (nSPS) is 16.8. The zero-order valence-corrected chi connectivity index (χ0v) is 17.6. The molecule has 4 heterocycles. The maximum Gasteiger partial charge on any atom is 0.264 e. The third-order valence-electron chi connectivity index (χ3n) is 5.11. The van der Waals surface area contributed by atoms with Gasteiger partial charge in [0.15, 0.2) is 0 Å². The van der Waals surface area contributed by atoms with Crippen LogP contribution in [0.25, 0.3) is 10.2 Å². The van der Waals surface area contributed by atoms with E-state index in [0.717, 1.165) is 15.8 Å². The van der Waals surface area contributed by atoms with Crippen molar-refractivity contribution < 1.29 is 19.4 Å². The molecule has 1 saturated heterocycles. The molecule has 10 heteroatoms. The van der Waals surface area contributed by atoms with E-state index in [9.17, 15) is 14.7 Å². The number of thiophene rings is 1. The Balaban J connectivity index is 1.68. The SMILES string of the molecule is CN(CCO)C(=O)c1sc2ncccc2c1C1CN(C(=O)c2cnn(C)c2)CCO1. The molecule has 0 radical (unpaired) electrons. The van der Waals surface area contributed by atoms with Crippen LogP contribution < -0.4 is 0 Å². The molecule has 0 saturated carbocycles. The summed E-state index contributed by atoms with van der Waals surface area (Å²) in [7, 11) is 3.42. The number of fused-ring (bicyclic) bond motifs is 1. The molecule has 1 atom stereocenters. The Kier molecular flexibility index (Phi) is 5.80. The molecule has 1 fully saturated rings. The number of carbonyl (C=O) groups is 2. The molecule has 0 spiro atoms. The summed E-state index contributed by atoms with van der Waals surface area (Å²) < 4.78 is 7.62. The second-order valence-corrected chi connectivity index (χ2v) is 8.16. The Morgan fingerprint density at radius 3 is 3.00 bits per heavy atom. The molecule has 0 bridgehead atoms. The van der Waals surface area contributed by atoms with Gasteiger partial charge >= 0.3 is 0 Å². The van der Waals surface area contributed by atoms with Crippen molar-refractivity contribution in [3.8, 4) is 0 Å². The fourth-order valence-corrected chi connectivity index (χ4v) is 4.77. The molecule has 2 amide bonds. The van der Waals surface area contributed by atoms with Crippen LogP contribution in [0.15, 0.2) is 30.7 Å². The fraction of sp³-hybridized carbons (Fsp3) is 0.400.